The molecule has 0 saturated carbocycles. The van der Waals surface area contributed by atoms with Gasteiger partial charge in [-0.2, -0.15) is 23.4 Å². The first-order valence-electron chi connectivity index (χ1n) is 6.67. The monoisotopic (exact) mass is 373 g/mol. The van der Waals surface area contributed by atoms with Crippen LogP contribution in [0.25, 0.3) is 5.69 Å². The van der Waals surface area contributed by atoms with Gasteiger partial charge in [-0.1, -0.05) is 17.7 Å². The van der Waals surface area contributed by atoms with Gasteiger partial charge in [-0.3, -0.25) is 9.59 Å². The number of nitrogens with zero attached hydrogens (tertiary/aromatic N) is 3. The predicted molar refractivity (Wildman–Crippen MR) is 83.2 cm³/mol. The van der Waals surface area contributed by atoms with Gasteiger partial charge in [-0.05, 0) is 25.1 Å². The fourth-order valence-corrected chi connectivity index (χ4v) is 2.17. The fraction of sp³-hybridized carbons (Fsp3) is 0.143. The summed E-state index contributed by atoms with van der Waals surface area (Å²) in [6.07, 6.45) is -3.40. The molecule has 0 fully saturated rings. The Balaban J connectivity index is 2.35. The SMILES string of the molecule is Cc1nn(-c2cccc(C(F)(F)F)c2)c(Cl)c1C=NNC(=O)C(N)=O. The normalized spacial score (nSPS) is 11.7. The van der Waals surface area contributed by atoms with Gasteiger partial charge >= 0.3 is 18.0 Å². The molecular formula is C14H11ClF3N5O2. The molecule has 3 N–H and O–H groups in total. The van der Waals surface area contributed by atoms with E-state index in [4.69, 9.17) is 17.3 Å². The van der Waals surface area contributed by atoms with E-state index in [9.17, 15) is 22.8 Å². The molecule has 0 bridgehead atoms. The zero-order valence-corrected chi connectivity index (χ0v) is 13.4. The zero-order chi connectivity index (χ0) is 18.8. The van der Waals surface area contributed by atoms with Crippen molar-refractivity contribution in [2.45, 2.75) is 13.1 Å². The number of halogens is 4. The molecule has 0 aliphatic carbocycles. The fourth-order valence-electron chi connectivity index (χ4n) is 1.85. The number of hydrogen-bond acceptors (Lipinski definition) is 4. The largest absolute Gasteiger partial charge is 0.416 e. The van der Waals surface area contributed by atoms with Crippen molar-refractivity contribution >= 4 is 29.6 Å². The third-order valence-electron chi connectivity index (χ3n) is 3.05. The summed E-state index contributed by atoms with van der Waals surface area (Å²) in [7, 11) is 0. The number of hydrazone groups is 1. The van der Waals surface area contributed by atoms with Gasteiger partial charge < -0.3 is 5.73 Å². The summed E-state index contributed by atoms with van der Waals surface area (Å²) in [5.74, 6) is -2.35. The number of carbonyl (C=O) groups is 2. The molecule has 0 aliphatic rings. The van der Waals surface area contributed by atoms with Crippen molar-refractivity contribution in [3.8, 4) is 5.69 Å². The average Bonchev–Trinajstić information content (AvgIpc) is 2.82. The van der Waals surface area contributed by atoms with E-state index >= 15 is 0 Å². The molecule has 0 radical (unpaired) electrons. The number of aryl methyl sites for hydroxylation is 1. The predicted octanol–water partition coefficient (Wildman–Crippen LogP) is 1.79. The Morgan fingerprint density at radius 1 is 1.40 bits per heavy atom. The summed E-state index contributed by atoms with van der Waals surface area (Å²) in [6.45, 7) is 1.55. The van der Waals surface area contributed by atoms with Gasteiger partial charge in [-0.15, -0.1) is 0 Å². The van der Waals surface area contributed by atoms with Crippen LogP contribution >= 0.6 is 11.6 Å². The summed E-state index contributed by atoms with van der Waals surface area (Å²) in [5, 5.41) is 7.54. The molecular weight excluding hydrogens is 363 g/mol. The molecule has 2 aromatic rings. The topological polar surface area (TPSA) is 102 Å². The molecule has 1 heterocycles. The molecule has 1 aromatic carbocycles. The van der Waals surface area contributed by atoms with E-state index in [1.54, 1.807) is 6.92 Å². The third kappa shape index (κ3) is 4.15. The molecule has 1 aromatic heterocycles. The van der Waals surface area contributed by atoms with Crippen LogP contribution in [-0.4, -0.2) is 27.8 Å². The number of alkyl halides is 3. The second kappa shape index (κ2) is 6.93. The van der Waals surface area contributed by atoms with Crippen LogP contribution in [0, 0.1) is 6.92 Å². The molecule has 0 unspecified atom stereocenters. The van der Waals surface area contributed by atoms with E-state index in [1.807, 2.05) is 5.43 Å². The highest BCUT2D eigenvalue weighted by Crippen LogP contribution is 2.31. The quantitative estimate of drug-likeness (QED) is 0.487. The summed E-state index contributed by atoms with van der Waals surface area (Å²) in [5.41, 5.74) is 6.47. The van der Waals surface area contributed by atoms with Crippen molar-refractivity contribution in [3.63, 3.8) is 0 Å². The second-order valence-corrected chi connectivity index (χ2v) is 5.17. The molecule has 25 heavy (non-hydrogen) atoms. The highest BCUT2D eigenvalue weighted by atomic mass is 35.5. The van der Waals surface area contributed by atoms with Gasteiger partial charge in [0, 0.05) is 0 Å². The lowest BCUT2D eigenvalue weighted by atomic mass is 10.2. The molecule has 2 rings (SSSR count). The third-order valence-corrected chi connectivity index (χ3v) is 3.41. The van der Waals surface area contributed by atoms with Gasteiger partial charge in [0.2, 0.25) is 0 Å². The van der Waals surface area contributed by atoms with Crippen molar-refractivity contribution in [2.75, 3.05) is 0 Å². The molecule has 0 saturated heterocycles. The summed E-state index contributed by atoms with van der Waals surface area (Å²) < 4.78 is 39.5. The minimum atomic E-state index is -4.51. The van der Waals surface area contributed by atoms with Crippen molar-refractivity contribution in [1.29, 1.82) is 0 Å². The van der Waals surface area contributed by atoms with Crippen LogP contribution in [0.2, 0.25) is 5.15 Å². The first-order valence-corrected chi connectivity index (χ1v) is 7.04. The number of rotatable bonds is 3. The molecule has 0 aliphatic heterocycles. The van der Waals surface area contributed by atoms with Crippen LogP contribution in [0.4, 0.5) is 13.2 Å². The summed E-state index contributed by atoms with van der Waals surface area (Å²) in [6, 6.07) is 4.46. The number of hydrogen-bond donors (Lipinski definition) is 2. The molecule has 2 amide bonds. The Morgan fingerprint density at radius 2 is 2.08 bits per heavy atom. The first-order chi connectivity index (χ1) is 11.6. The number of nitrogens with one attached hydrogen (secondary N) is 1. The van der Waals surface area contributed by atoms with Crippen LogP contribution in [-0.2, 0) is 15.8 Å². The first kappa shape index (κ1) is 18.5. The van der Waals surface area contributed by atoms with E-state index < -0.39 is 23.6 Å². The summed E-state index contributed by atoms with van der Waals surface area (Å²) >= 11 is 6.13. The van der Waals surface area contributed by atoms with Gasteiger partial charge in [0.05, 0.1) is 28.7 Å². The lowest BCUT2D eigenvalue weighted by Crippen LogP contribution is -2.32. The van der Waals surface area contributed by atoms with Crippen LogP contribution < -0.4 is 11.2 Å². The van der Waals surface area contributed by atoms with E-state index in [-0.39, 0.29) is 16.4 Å². The van der Waals surface area contributed by atoms with Crippen LogP contribution in [0.3, 0.4) is 0 Å². The second-order valence-electron chi connectivity index (χ2n) is 4.81. The Kier molecular flexibility index (Phi) is 5.12. The number of aromatic nitrogens is 2. The number of primary amides is 1. The van der Waals surface area contributed by atoms with Crippen molar-refractivity contribution in [1.82, 2.24) is 15.2 Å². The van der Waals surface area contributed by atoms with E-state index in [1.165, 1.54) is 12.1 Å². The minimum absolute atomic E-state index is 0.0195. The van der Waals surface area contributed by atoms with Crippen LogP contribution in [0.1, 0.15) is 16.8 Å². The highest BCUT2D eigenvalue weighted by molar-refractivity contribution is 6.34. The minimum Gasteiger partial charge on any atom is -0.361 e. The molecule has 132 valence electrons. The number of benzene rings is 1. The van der Waals surface area contributed by atoms with Crippen LogP contribution in [0.15, 0.2) is 29.4 Å². The van der Waals surface area contributed by atoms with E-state index in [0.29, 0.717) is 5.69 Å². The van der Waals surface area contributed by atoms with Crippen molar-refractivity contribution in [2.24, 2.45) is 10.8 Å². The maximum absolute atomic E-state index is 12.8. The van der Waals surface area contributed by atoms with Gasteiger partial charge in [0.1, 0.15) is 5.15 Å². The lowest BCUT2D eigenvalue weighted by Gasteiger charge is -2.09. The Hall–Kier alpha value is -2.88. The maximum Gasteiger partial charge on any atom is 0.416 e. The molecule has 7 nitrogen and oxygen atoms in total. The van der Waals surface area contributed by atoms with E-state index in [2.05, 4.69) is 10.2 Å². The Labute approximate surface area is 144 Å². The van der Waals surface area contributed by atoms with E-state index in [0.717, 1.165) is 23.0 Å². The van der Waals surface area contributed by atoms with Gasteiger partial charge in [0.25, 0.3) is 0 Å². The lowest BCUT2D eigenvalue weighted by molar-refractivity contribution is -0.137. The van der Waals surface area contributed by atoms with Gasteiger partial charge in [0.15, 0.2) is 0 Å². The number of nitrogens with two attached hydrogens (primary N) is 1. The molecule has 11 heteroatoms. The maximum atomic E-state index is 12.8. The van der Waals surface area contributed by atoms with Crippen molar-refractivity contribution in [3.05, 3.63) is 46.2 Å². The average molecular weight is 374 g/mol. The van der Waals surface area contributed by atoms with Crippen molar-refractivity contribution < 1.29 is 22.8 Å². The number of amides is 2. The zero-order valence-electron chi connectivity index (χ0n) is 12.6. The van der Waals surface area contributed by atoms with Gasteiger partial charge in [-0.25, -0.2) is 10.1 Å². The molecule has 0 spiro atoms. The molecule has 0 atom stereocenters. The standard InChI is InChI=1S/C14H11ClF3N5O2/c1-7-10(6-20-21-13(25)12(19)24)11(15)23(22-7)9-4-2-3-8(5-9)14(16,17)18/h2-6H,1H3,(H2,19,24)(H,21,25). The Morgan fingerprint density at radius 3 is 2.68 bits per heavy atom. The summed E-state index contributed by atoms with van der Waals surface area (Å²) in [4.78, 5) is 21.6. The number of carbonyl (C=O) groups excluding carboxylic acids is 2. The Bertz CT molecular complexity index is 861. The smallest absolute Gasteiger partial charge is 0.361 e. The highest BCUT2D eigenvalue weighted by Gasteiger charge is 2.30. The van der Waals surface area contributed by atoms with Crippen LogP contribution in [0.5, 0.6) is 0 Å².